The van der Waals surface area contributed by atoms with Gasteiger partial charge in [-0.3, -0.25) is 14.6 Å². The third-order valence-corrected chi connectivity index (χ3v) is 5.56. The van der Waals surface area contributed by atoms with E-state index in [0.29, 0.717) is 23.4 Å². The van der Waals surface area contributed by atoms with Crippen molar-refractivity contribution in [2.24, 2.45) is 0 Å². The molecule has 0 spiro atoms. The highest BCUT2D eigenvalue weighted by Crippen LogP contribution is 2.21. The van der Waals surface area contributed by atoms with Crippen LogP contribution in [-0.4, -0.2) is 48.0 Å². The van der Waals surface area contributed by atoms with Crippen LogP contribution in [0.4, 0.5) is 0 Å². The Morgan fingerprint density at radius 3 is 2.67 bits per heavy atom. The minimum atomic E-state index is -0.263. The van der Waals surface area contributed by atoms with Crippen molar-refractivity contribution in [3.8, 4) is 17.0 Å². The van der Waals surface area contributed by atoms with E-state index in [1.54, 1.807) is 31.5 Å². The lowest BCUT2D eigenvalue weighted by Crippen LogP contribution is -2.45. The molecule has 3 N–H and O–H groups in total. The number of hydrogen-bond donors (Lipinski definition) is 3. The van der Waals surface area contributed by atoms with Crippen LogP contribution in [-0.2, 0) is 6.54 Å². The van der Waals surface area contributed by atoms with Crippen molar-refractivity contribution in [1.29, 1.82) is 0 Å². The number of methoxy groups -OCH3 is 1. The summed E-state index contributed by atoms with van der Waals surface area (Å²) in [5.41, 5.74) is 2.80. The molecule has 2 heterocycles. The van der Waals surface area contributed by atoms with Crippen LogP contribution in [0.25, 0.3) is 11.3 Å². The van der Waals surface area contributed by atoms with Gasteiger partial charge in [-0.2, -0.15) is 0 Å². The van der Waals surface area contributed by atoms with Gasteiger partial charge in [0.1, 0.15) is 11.4 Å². The zero-order chi connectivity index (χ0) is 23.0. The van der Waals surface area contributed by atoms with E-state index in [1.165, 1.54) is 6.20 Å². The molecule has 1 saturated heterocycles. The van der Waals surface area contributed by atoms with Crippen molar-refractivity contribution in [2.75, 3.05) is 20.2 Å². The predicted molar refractivity (Wildman–Crippen MR) is 125 cm³/mol. The number of carbonyl (C=O) groups excluding carboxylic acids is 2. The first-order valence-corrected chi connectivity index (χ1v) is 11.0. The zero-order valence-corrected chi connectivity index (χ0v) is 18.5. The van der Waals surface area contributed by atoms with Crippen LogP contribution in [0.15, 0.2) is 60.9 Å². The summed E-state index contributed by atoms with van der Waals surface area (Å²) in [6.07, 6.45) is 5.00. The van der Waals surface area contributed by atoms with Gasteiger partial charge in [-0.1, -0.05) is 24.3 Å². The second-order valence-electron chi connectivity index (χ2n) is 7.88. The molecule has 1 aliphatic heterocycles. The van der Waals surface area contributed by atoms with Crippen LogP contribution < -0.4 is 20.7 Å². The van der Waals surface area contributed by atoms with Gasteiger partial charge in [-0.05, 0) is 49.2 Å². The van der Waals surface area contributed by atoms with Gasteiger partial charge in [-0.15, -0.1) is 0 Å². The molecule has 4 rings (SSSR count). The van der Waals surface area contributed by atoms with Crippen molar-refractivity contribution < 1.29 is 14.3 Å². The fourth-order valence-electron chi connectivity index (χ4n) is 3.78. The fraction of sp³-hybridized carbons (Fsp3) is 0.280. The number of ether oxygens (including phenoxy) is 1. The first-order chi connectivity index (χ1) is 16.1. The Morgan fingerprint density at radius 1 is 1.09 bits per heavy atom. The average Bonchev–Trinajstić information content (AvgIpc) is 2.88. The van der Waals surface area contributed by atoms with Crippen molar-refractivity contribution in [1.82, 2.24) is 25.9 Å². The van der Waals surface area contributed by atoms with Gasteiger partial charge in [-0.25, -0.2) is 4.98 Å². The molecule has 0 saturated carbocycles. The van der Waals surface area contributed by atoms with E-state index >= 15 is 0 Å². The molecule has 8 heteroatoms. The monoisotopic (exact) mass is 445 g/mol. The van der Waals surface area contributed by atoms with Gasteiger partial charge in [0.05, 0.1) is 7.11 Å². The highest BCUT2D eigenvalue weighted by Gasteiger charge is 2.21. The summed E-state index contributed by atoms with van der Waals surface area (Å²) in [5, 5.41) is 9.24. The molecular weight excluding hydrogens is 418 g/mol. The van der Waals surface area contributed by atoms with E-state index in [9.17, 15) is 9.59 Å². The van der Waals surface area contributed by atoms with Crippen LogP contribution in [0.3, 0.4) is 0 Å². The SMILES string of the molecule is COc1ccc(CNC(=O)c2cccc(-c3nccnc3C(=O)N[C@H]3CCCNC3)c2)cc1. The summed E-state index contributed by atoms with van der Waals surface area (Å²) in [4.78, 5) is 34.3. The summed E-state index contributed by atoms with van der Waals surface area (Å²) < 4.78 is 5.16. The molecule has 2 amide bonds. The molecule has 8 nitrogen and oxygen atoms in total. The molecule has 1 aliphatic rings. The molecule has 170 valence electrons. The van der Waals surface area contributed by atoms with Crippen LogP contribution in [0.5, 0.6) is 5.75 Å². The molecule has 1 fully saturated rings. The van der Waals surface area contributed by atoms with Crippen LogP contribution in [0, 0.1) is 0 Å². The molecule has 33 heavy (non-hydrogen) atoms. The van der Waals surface area contributed by atoms with Crippen LogP contribution in [0.1, 0.15) is 39.3 Å². The third-order valence-electron chi connectivity index (χ3n) is 5.56. The maximum absolute atomic E-state index is 12.9. The van der Waals surface area contributed by atoms with Crippen molar-refractivity contribution in [3.05, 3.63) is 77.7 Å². The predicted octanol–water partition coefficient (Wildman–Crippen LogP) is 2.56. The van der Waals surface area contributed by atoms with Gasteiger partial charge in [0.15, 0.2) is 5.69 Å². The first-order valence-electron chi connectivity index (χ1n) is 11.0. The van der Waals surface area contributed by atoms with E-state index in [2.05, 4.69) is 25.9 Å². The number of benzene rings is 2. The summed E-state index contributed by atoms with van der Waals surface area (Å²) in [6.45, 7) is 2.10. The number of hydrogen-bond acceptors (Lipinski definition) is 6. The summed E-state index contributed by atoms with van der Waals surface area (Å²) in [6, 6.07) is 14.6. The van der Waals surface area contributed by atoms with Crippen LogP contribution in [0.2, 0.25) is 0 Å². The lowest BCUT2D eigenvalue weighted by atomic mass is 10.0. The second kappa shape index (κ2) is 10.7. The lowest BCUT2D eigenvalue weighted by Gasteiger charge is -2.23. The molecule has 0 bridgehead atoms. The molecule has 3 aromatic rings. The number of rotatable bonds is 7. The molecule has 1 atom stereocenters. The summed E-state index contributed by atoms with van der Waals surface area (Å²) in [5.74, 6) is 0.290. The maximum Gasteiger partial charge on any atom is 0.272 e. The van der Waals surface area contributed by atoms with Gasteiger partial charge in [0.2, 0.25) is 0 Å². The molecule has 0 radical (unpaired) electrons. The minimum Gasteiger partial charge on any atom is -0.497 e. The van der Waals surface area contributed by atoms with E-state index in [-0.39, 0.29) is 23.6 Å². The highest BCUT2D eigenvalue weighted by molar-refractivity contribution is 5.99. The van der Waals surface area contributed by atoms with Gasteiger partial charge in [0, 0.05) is 42.7 Å². The topological polar surface area (TPSA) is 105 Å². The average molecular weight is 446 g/mol. The van der Waals surface area contributed by atoms with Gasteiger partial charge in [0.25, 0.3) is 11.8 Å². The third kappa shape index (κ3) is 5.72. The summed E-state index contributed by atoms with van der Waals surface area (Å²) in [7, 11) is 1.61. The Morgan fingerprint density at radius 2 is 1.91 bits per heavy atom. The standard InChI is InChI=1S/C25H27N5O3/c1-33-21-9-7-17(8-10-21)15-29-24(31)19-5-2-4-18(14-19)22-23(28-13-12-27-22)25(32)30-20-6-3-11-26-16-20/h2,4-5,7-10,12-14,20,26H,3,6,11,15-16H2,1H3,(H,29,31)(H,30,32)/t20-/m0/s1. The van der Waals surface area contributed by atoms with Crippen LogP contribution >= 0.6 is 0 Å². The second-order valence-corrected chi connectivity index (χ2v) is 7.88. The molecule has 2 aromatic carbocycles. The lowest BCUT2D eigenvalue weighted by molar-refractivity contribution is 0.0924. The quantitative estimate of drug-likeness (QED) is 0.516. The van der Waals surface area contributed by atoms with Crippen molar-refractivity contribution in [2.45, 2.75) is 25.4 Å². The number of amides is 2. The van der Waals surface area contributed by atoms with Gasteiger partial charge < -0.3 is 20.7 Å². The van der Waals surface area contributed by atoms with Crippen molar-refractivity contribution >= 4 is 11.8 Å². The first kappa shape index (κ1) is 22.4. The molecular formula is C25H27N5O3. The number of nitrogens with zero attached hydrogens (tertiary/aromatic N) is 2. The van der Waals surface area contributed by atoms with E-state index in [1.807, 2.05) is 30.3 Å². The molecule has 0 unspecified atom stereocenters. The largest absolute Gasteiger partial charge is 0.497 e. The Balaban J connectivity index is 1.47. The highest BCUT2D eigenvalue weighted by atomic mass is 16.5. The van der Waals surface area contributed by atoms with Gasteiger partial charge >= 0.3 is 0 Å². The van der Waals surface area contributed by atoms with E-state index in [4.69, 9.17) is 4.74 Å². The Hall–Kier alpha value is -3.78. The summed E-state index contributed by atoms with van der Waals surface area (Å²) >= 11 is 0. The Bertz CT molecular complexity index is 1110. The smallest absolute Gasteiger partial charge is 0.272 e. The molecule has 1 aromatic heterocycles. The fourth-order valence-corrected chi connectivity index (χ4v) is 3.78. The van der Waals surface area contributed by atoms with E-state index in [0.717, 1.165) is 37.2 Å². The minimum absolute atomic E-state index is 0.0659. The number of nitrogens with one attached hydrogen (secondary N) is 3. The number of piperidine rings is 1. The number of carbonyl (C=O) groups is 2. The normalized spacial score (nSPS) is 15.5. The van der Waals surface area contributed by atoms with E-state index < -0.39 is 0 Å². The van der Waals surface area contributed by atoms with Crippen molar-refractivity contribution in [3.63, 3.8) is 0 Å². The maximum atomic E-state index is 12.9. The Labute approximate surface area is 192 Å². The zero-order valence-electron chi connectivity index (χ0n) is 18.5. The Kier molecular flexibility index (Phi) is 7.26. The number of aromatic nitrogens is 2. The molecule has 0 aliphatic carbocycles.